The van der Waals surface area contributed by atoms with Gasteiger partial charge in [-0.05, 0) is 42.5 Å². The fourth-order valence-electron chi connectivity index (χ4n) is 6.30. The standard InChI is InChI=1S/C41H57N9O11/c1-3-23(2)35(41(60)61)50-39(58)30(18-25-20-44-28-15-8-7-13-26(25)28)47-38(57)29(17-24-11-5-4-6-12-24)46-33(52)21-45-37(56)31(19-34(53)54)48-40(59)32(22-51)49-36(55)27(43)14-9-10-16-42/h4-8,11-13,15,20,23,27,29-32,35,44,51H,3,9-10,14,16-19,21-22,42-43H2,1-2H3,(H,45,56)(H,46,52)(H,47,57)(H,48,59)(H,49,55)(H,50,58)(H,53,54)(H,60,61)/t23-,27-,29-,30-,31-,32-,35-/m0/s1. The molecule has 6 amide bonds. The smallest absolute Gasteiger partial charge is 0.326 e. The Kier molecular flexibility index (Phi) is 19.8. The monoisotopic (exact) mass is 851 g/mol. The second kappa shape index (κ2) is 24.6. The van der Waals surface area contributed by atoms with Crippen LogP contribution in [0.4, 0.5) is 0 Å². The van der Waals surface area contributed by atoms with Gasteiger partial charge in [-0.15, -0.1) is 0 Å². The van der Waals surface area contributed by atoms with Crippen LogP contribution in [-0.2, 0) is 51.2 Å². The highest BCUT2D eigenvalue weighted by molar-refractivity contribution is 5.97. The van der Waals surface area contributed by atoms with E-state index >= 15 is 0 Å². The number of carboxylic acid groups (broad SMARTS) is 2. The van der Waals surface area contributed by atoms with E-state index < -0.39 is 109 Å². The molecule has 1 heterocycles. The SMILES string of the molecule is CC[C@H](C)[C@H](NC(=O)[C@H](Cc1c[nH]c2ccccc12)NC(=O)[C@H](Cc1ccccc1)NC(=O)CNC(=O)[C@H](CC(=O)O)NC(=O)[C@H](CO)NC(=O)[C@@H](N)CCCCN)C(=O)O. The van der Waals surface area contributed by atoms with Gasteiger partial charge in [0.25, 0.3) is 0 Å². The molecule has 0 spiro atoms. The van der Waals surface area contributed by atoms with Gasteiger partial charge in [0.15, 0.2) is 0 Å². The molecule has 14 N–H and O–H groups in total. The molecule has 0 fully saturated rings. The molecule has 0 saturated heterocycles. The number of amides is 6. The van der Waals surface area contributed by atoms with Crippen LogP contribution in [0.1, 0.15) is 57.1 Å². The lowest BCUT2D eigenvalue weighted by atomic mass is 9.97. The second-order valence-corrected chi connectivity index (χ2v) is 14.7. The van der Waals surface area contributed by atoms with Gasteiger partial charge in [0.1, 0.15) is 30.2 Å². The molecule has 0 aliphatic carbocycles. The van der Waals surface area contributed by atoms with Gasteiger partial charge in [-0.25, -0.2) is 4.79 Å². The second-order valence-electron chi connectivity index (χ2n) is 14.7. The summed E-state index contributed by atoms with van der Waals surface area (Å²) in [7, 11) is 0. The van der Waals surface area contributed by atoms with Crippen molar-refractivity contribution >= 4 is 58.3 Å². The Morgan fingerprint density at radius 2 is 1.33 bits per heavy atom. The van der Waals surface area contributed by atoms with Crippen LogP contribution in [0.5, 0.6) is 0 Å². The highest BCUT2D eigenvalue weighted by atomic mass is 16.4. The van der Waals surface area contributed by atoms with Crippen LogP contribution < -0.4 is 43.4 Å². The normalized spacial score (nSPS) is 14.5. The zero-order valence-corrected chi connectivity index (χ0v) is 34.1. The topological polar surface area (TPSA) is 337 Å². The van der Waals surface area contributed by atoms with E-state index in [-0.39, 0.29) is 19.3 Å². The van der Waals surface area contributed by atoms with Crippen molar-refractivity contribution in [2.45, 2.75) is 95.0 Å². The summed E-state index contributed by atoms with van der Waals surface area (Å²) in [6.07, 6.45) is 2.41. The molecule has 3 aromatic rings. The first-order chi connectivity index (χ1) is 29.1. The van der Waals surface area contributed by atoms with Crippen LogP contribution in [-0.4, -0.2) is 124 Å². The van der Waals surface area contributed by atoms with Crippen LogP contribution in [0, 0.1) is 5.92 Å². The van der Waals surface area contributed by atoms with Gasteiger partial charge in [-0.2, -0.15) is 0 Å². The van der Waals surface area contributed by atoms with E-state index in [9.17, 15) is 53.7 Å². The van der Waals surface area contributed by atoms with Gasteiger partial charge in [-0.3, -0.25) is 33.6 Å². The van der Waals surface area contributed by atoms with E-state index in [4.69, 9.17) is 11.5 Å². The summed E-state index contributed by atoms with van der Waals surface area (Å²) in [6.45, 7) is 2.13. The summed E-state index contributed by atoms with van der Waals surface area (Å²) in [5.41, 5.74) is 13.3. The highest BCUT2D eigenvalue weighted by Crippen LogP contribution is 2.20. The molecule has 1 aromatic heterocycles. The summed E-state index contributed by atoms with van der Waals surface area (Å²) in [4.78, 5) is 107. The molecule has 61 heavy (non-hydrogen) atoms. The Morgan fingerprint density at radius 1 is 0.721 bits per heavy atom. The number of carboxylic acids is 2. The Balaban J connectivity index is 1.79. The minimum Gasteiger partial charge on any atom is -0.481 e. The van der Waals surface area contributed by atoms with E-state index in [1.165, 1.54) is 0 Å². The fraction of sp³-hybridized carbons (Fsp3) is 0.463. The van der Waals surface area contributed by atoms with Crippen molar-refractivity contribution in [3.05, 3.63) is 71.9 Å². The van der Waals surface area contributed by atoms with Gasteiger partial charge in [0, 0.05) is 29.9 Å². The number of nitrogens with two attached hydrogens (primary N) is 2. The van der Waals surface area contributed by atoms with Crippen molar-refractivity contribution in [3.8, 4) is 0 Å². The highest BCUT2D eigenvalue weighted by Gasteiger charge is 2.33. The number of unbranched alkanes of at least 4 members (excludes halogenated alkanes) is 1. The summed E-state index contributed by atoms with van der Waals surface area (Å²) >= 11 is 0. The third kappa shape index (κ3) is 15.6. The predicted molar refractivity (Wildman–Crippen MR) is 222 cm³/mol. The lowest BCUT2D eigenvalue weighted by Gasteiger charge is -2.26. The number of carbonyl (C=O) groups is 8. The molecule has 0 aliphatic heterocycles. The van der Waals surface area contributed by atoms with Crippen LogP contribution in [0.3, 0.4) is 0 Å². The third-order valence-corrected chi connectivity index (χ3v) is 10.00. The number of aromatic amines is 1. The number of benzene rings is 2. The molecule has 0 bridgehead atoms. The quantitative estimate of drug-likeness (QED) is 0.0412. The average molecular weight is 852 g/mol. The van der Waals surface area contributed by atoms with Crippen molar-refractivity contribution in [2.24, 2.45) is 17.4 Å². The summed E-state index contributed by atoms with van der Waals surface area (Å²) < 4.78 is 0. The molecule has 332 valence electrons. The number of hydrogen-bond donors (Lipinski definition) is 12. The molecule has 20 nitrogen and oxygen atoms in total. The minimum absolute atomic E-state index is 0.0599. The molecule has 3 rings (SSSR count). The summed E-state index contributed by atoms with van der Waals surface area (Å²) in [5.74, 6) is -8.67. The first kappa shape index (κ1) is 49.0. The van der Waals surface area contributed by atoms with Crippen molar-refractivity contribution in [1.29, 1.82) is 0 Å². The number of H-pyrrole nitrogens is 1. The van der Waals surface area contributed by atoms with Crippen LogP contribution in [0.2, 0.25) is 0 Å². The lowest BCUT2D eigenvalue weighted by molar-refractivity contribution is -0.144. The number of rotatable bonds is 26. The number of nitrogens with one attached hydrogen (secondary N) is 7. The molecule has 7 atom stereocenters. The third-order valence-electron chi connectivity index (χ3n) is 10.00. The maximum Gasteiger partial charge on any atom is 0.326 e. The fourth-order valence-corrected chi connectivity index (χ4v) is 6.30. The number of aliphatic hydroxyl groups is 1. The Hall–Kier alpha value is -6.38. The number of hydrogen-bond acceptors (Lipinski definition) is 11. The van der Waals surface area contributed by atoms with Crippen molar-refractivity contribution in [3.63, 3.8) is 0 Å². The summed E-state index contributed by atoms with van der Waals surface area (Å²) in [6, 6.07) is 7.52. The first-order valence-electron chi connectivity index (χ1n) is 20.0. The number of aromatic nitrogens is 1. The number of para-hydroxylation sites is 1. The van der Waals surface area contributed by atoms with Crippen molar-refractivity contribution < 1.29 is 53.7 Å². The minimum atomic E-state index is -1.76. The number of aliphatic carboxylic acids is 2. The molecule has 0 radical (unpaired) electrons. The van der Waals surface area contributed by atoms with Crippen LogP contribution in [0.25, 0.3) is 10.9 Å². The van der Waals surface area contributed by atoms with Crippen molar-refractivity contribution in [1.82, 2.24) is 36.9 Å². The van der Waals surface area contributed by atoms with E-state index in [0.29, 0.717) is 36.9 Å². The zero-order valence-electron chi connectivity index (χ0n) is 34.1. The lowest BCUT2D eigenvalue weighted by Crippen LogP contribution is -2.59. The Labute approximate surface area is 352 Å². The van der Waals surface area contributed by atoms with Crippen LogP contribution >= 0.6 is 0 Å². The molecule has 20 heteroatoms. The number of fused-ring (bicyclic) bond motifs is 1. The van der Waals surface area contributed by atoms with E-state index in [1.807, 2.05) is 18.2 Å². The molecular weight excluding hydrogens is 795 g/mol. The Bertz CT molecular complexity index is 1980. The van der Waals surface area contributed by atoms with E-state index in [2.05, 4.69) is 36.9 Å². The van der Waals surface area contributed by atoms with Gasteiger partial charge < -0.3 is 63.7 Å². The van der Waals surface area contributed by atoms with E-state index in [0.717, 1.165) is 10.9 Å². The predicted octanol–water partition coefficient (Wildman–Crippen LogP) is -1.45. The van der Waals surface area contributed by atoms with Crippen molar-refractivity contribution in [2.75, 3.05) is 19.7 Å². The number of carbonyl (C=O) groups excluding carboxylic acids is 6. The van der Waals surface area contributed by atoms with E-state index in [1.54, 1.807) is 56.4 Å². The Morgan fingerprint density at radius 3 is 1.97 bits per heavy atom. The maximum absolute atomic E-state index is 14.1. The van der Waals surface area contributed by atoms with Crippen LogP contribution in [0.15, 0.2) is 60.8 Å². The molecule has 2 aromatic carbocycles. The molecular formula is C41H57N9O11. The average Bonchev–Trinajstić information content (AvgIpc) is 3.65. The largest absolute Gasteiger partial charge is 0.481 e. The number of aliphatic hydroxyl groups excluding tert-OH is 1. The maximum atomic E-state index is 14.1. The van der Waals surface area contributed by atoms with Gasteiger partial charge in [0.2, 0.25) is 35.4 Å². The molecule has 0 unspecified atom stereocenters. The van der Waals surface area contributed by atoms with Gasteiger partial charge in [0.05, 0.1) is 25.6 Å². The first-order valence-corrected chi connectivity index (χ1v) is 20.0. The molecule has 0 saturated carbocycles. The van der Waals surface area contributed by atoms with Gasteiger partial charge >= 0.3 is 11.9 Å². The zero-order chi connectivity index (χ0) is 45.1. The molecule has 0 aliphatic rings. The summed E-state index contributed by atoms with van der Waals surface area (Å²) in [5, 5.41) is 44.4. The van der Waals surface area contributed by atoms with Gasteiger partial charge in [-0.1, -0.05) is 75.2 Å².